The molecule has 0 bridgehead atoms. The number of fused-ring (bicyclic) bond motifs is 1. The third-order valence-electron chi connectivity index (χ3n) is 6.52. The molecule has 0 spiro atoms. The Kier molecular flexibility index (Phi) is 7.30. The van der Waals surface area contributed by atoms with E-state index in [4.69, 9.17) is 9.84 Å². The van der Waals surface area contributed by atoms with Crippen LogP contribution >= 0.6 is 0 Å². The molecule has 0 saturated heterocycles. The van der Waals surface area contributed by atoms with E-state index >= 15 is 0 Å². The summed E-state index contributed by atoms with van der Waals surface area (Å²) >= 11 is 0. The van der Waals surface area contributed by atoms with Crippen molar-refractivity contribution in [2.75, 3.05) is 6.54 Å². The number of benzene rings is 2. The van der Waals surface area contributed by atoms with Crippen LogP contribution in [-0.2, 0) is 11.8 Å². The fraction of sp³-hybridized carbons (Fsp3) is 0.370. The Bertz CT molecular complexity index is 1170. The predicted octanol–water partition coefficient (Wildman–Crippen LogP) is 4.59. The summed E-state index contributed by atoms with van der Waals surface area (Å²) in [7, 11) is 1.97. The second kappa shape index (κ2) is 10.5. The van der Waals surface area contributed by atoms with Crippen LogP contribution in [0.1, 0.15) is 59.2 Å². The van der Waals surface area contributed by atoms with Gasteiger partial charge in [-0.25, -0.2) is 0 Å². The van der Waals surface area contributed by atoms with Gasteiger partial charge < -0.3 is 19.7 Å². The standard InChI is InChI=1S/C27H30N2O5/c1-29-16-14-20-17-21(8-13-24(20)29)26(31)28-15-2-3-25(30)18-4-9-22(10-5-18)34-23-11-6-19(7-12-23)27(32)33/h4-5,8-10,13-14,16-17,19,23H,2-3,6-7,11-12,15H2,1H3,(H,28,31)(H,32,33). The van der Waals surface area contributed by atoms with Crippen LogP contribution in [0.15, 0.2) is 54.7 Å². The van der Waals surface area contributed by atoms with E-state index < -0.39 is 5.97 Å². The topological polar surface area (TPSA) is 97.6 Å². The molecular weight excluding hydrogens is 432 g/mol. The van der Waals surface area contributed by atoms with Gasteiger partial charge in [0.1, 0.15) is 5.75 Å². The number of nitrogens with one attached hydrogen (secondary N) is 1. The molecule has 1 amide bonds. The van der Waals surface area contributed by atoms with E-state index in [1.165, 1.54) is 0 Å². The van der Waals surface area contributed by atoms with E-state index in [1.807, 2.05) is 42.1 Å². The van der Waals surface area contributed by atoms with Crippen molar-refractivity contribution in [1.82, 2.24) is 9.88 Å². The van der Waals surface area contributed by atoms with E-state index in [0.29, 0.717) is 49.1 Å². The van der Waals surface area contributed by atoms with Gasteiger partial charge in [0, 0.05) is 48.2 Å². The molecule has 1 fully saturated rings. The van der Waals surface area contributed by atoms with Crippen LogP contribution in [0.2, 0.25) is 0 Å². The lowest BCUT2D eigenvalue weighted by molar-refractivity contribution is -0.143. The maximum Gasteiger partial charge on any atom is 0.306 e. The van der Waals surface area contributed by atoms with Gasteiger partial charge in [0.15, 0.2) is 5.78 Å². The molecule has 3 aromatic rings. The minimum absolute atomic E-state index is 0.0170. The highest BCUT2D eigenvalue weighted by molar-refractivity contribution is 5.98. The highest BCUT2D eigenvalue weighted by Crippen LogP contribution is 2.28. The minimum atomic E-state index is -0.727. The van der Waals surface area contributed by atoms with Crippen molar-refractivity contribution < 1.29 is 24.2 Å². The molecule has 4 rings (SSSR count). The molecule has 2 N–H and O–H groups in total. The minimum Gasteiger partial charge on any atom is -0.490 e. The van der Waals surface area contributed by atoms with Crippen molar-refractivity contribution >= 4 is 28.6 Å². The molecule has 0 aliphatic heterocycles. The normalized spacial score (nSPS) is 17.9. The molecule has 178 valence electrons. The third kappa shape index (κ3) is 5.65. The molecule has 1 aliphatic rings. The molecule has 1 saturated carbocycles. The summed E-state index contributed by atoms with van der Waals surface area (Å²) in [5, 5.41) is 13.0. The highest BCUT2D eigenvalue weighted by atomic mass is 16.5. The lowest BCUT2D eigenvalue weighted by Gasteiger charge is -2.26. The van der Waals surface area contributed by atoms with E-state index in [-0.39, 0.29) is 23.7 Å². The number of carbonyl (C=O) groups excluding carboxylic acids is 2. The number of ketones is 1. The first kappa shape index (κ1) is 23.5. The van der Waals surface area contributed by atoms with Gasteiger partial charge >= 0.3 is 5.97 Å². The summed E-state index contributed by atoms with van der Waals surface area (Å²) in [6.45, 7) is 0.428. The fourth-order valence-corrected chi connectivity index (χ4v) is 4.46. The SMILES string of the molecule is Cn1ccc2cc(C(=O)NCCCC(=O)c3ccc(OC4CCC(C(=O)O)CC4)cc3)ccc21. The molecule has 1 aromatic heterocycles. The molecule has 0 atom stereocenters. The van der Waals surface area contributed by atoms with Crippen LogP contribution < -0.4 is 10.1 Å². The van der Waals surface area contributed by atoms with E-state index in [9.17, 15) is 14.4 Å². The first-order valence-electron chi connectivity index (χ1n) is 11.8. The van der Waals surface area contributed by atoms with Crippen LogP contribution in [0.25, 0.3) is 10.9 Å². The van der Waals surface area contributed by atoms with Crippen LogP contribution in [0, 0.1) is 5.92 Å². The van der Waals surface area contributed by atoms with Crippen molar-refractivity contribution in [3.8, 4) is 5.75 Å². The van der Waals surface area contributed by atoms with Gasteiger partial charge in [0.05, 0.1) is 12.0 Å². The predicted molar refractivity (Wildman–Crippen MR) is 129 cm³/mol. The third-order valence-corrected chi connectivity index (χ3v) is 6.52. The zero-order chi connectivity index (χ0) is 24.1. The Labute approximate surface area is 198 Å². The van der Waals surface area contributed by atoms with Crippen molar-refractivity contribution in [3.05, 3.63) is 65.9 Å². The molecule has 1 heterocycles. The molecule has 2 aromatic carbocycles. The Hall–Kier alpha value is -3.61. The van der Waals surface area contributed by atoms with E-state index in [1.54, 1.807) is 24.3 Å². The maximum atomic E-state index is 12.5. The zero-order valence-corrected chi connectivity index (χ0v) is 19.3. The molecule has 1 aliphatic carbocycles. The molecular formula is C27H30N2O5. The van der Waals surface area contributed by atoms with Crippen LogP contribution in [-0.4, -0.2) is 40.0 Å². The van der Waals surface area contributed by atoms with Crippen molar-refractivity contribution in [3.63, 3.8) is 0 Å². The number of carboxylic acids is 1. The number of aromatic nitrogens is 1. The summed E-state index contributed by atoms with van der Waals surface area (Å²) in [6, 6.07) is 14.7. The Morgan fingerprint density at radius 1 is 1.00 bits per heavy atom. The van der Waals surface area contributed by atoms with Crippen molar-refractivity contribution in [1.29, 1.82) is 0 Å². The van der Waals surface area contributed by atoms with Gasteiger partial charge in [-0.15, -0.1) is 0 Å². The van der Waals surface area contributed by atoms with Crippen LogP contribution in [0.5, 0.6) is 5.75 Å². The molecule has 34 heavy (non-hydrogen) atoms. The number of rotatable bonds is 9. The molecule has 7 heteroatoms. The number of hydrogen-bond donors (Lipinski definition) is 2. The number of carbonyl (C=O) groups is 3. The van der Waals surface area contributed by atoms with Gasteiger partial charge in [0.25, 0.3) is 5.91 Å². The summed E-state index contributed by atoms with van der Waals surface area (Å²) in [5.74, 6) is -0.421. The number of aryl methyl sites for hydroxylation is 1. The van der Waals surface area contributed by atoms with Gasteiger partial charge in [0.2, 0.25) is 0 Å². The number of carboxylic acid groups (broad SMARTS) is 1. The maximum absolute atomic E-state index is 12.5. The number of aliphatic carboxylic acids is 1. The average molecular weight is 463 g/mol. The zero-order valence-electron chi connectivity index (χ0n) is 19.3. The van der Waals surface area contributed by atoms with E-state index in [2.05, 4.69) is 5.32 Å². The van der Waals surface area contributed by atoms with Gasteiger partial charge in [-0.3, -0.25) is 14.4 Å². The van der Waals surface area contributed by atoms with Crippen LogP contribution in [0.3, 0.4) is 0 Å². The number of nitrogens with zero attached hydrogens (tertiary/aromatic N) is 1. The van der Waals surface area contributed by atoms with Gasteiger partial charge in [-0.1, -0.05) is 0 Å². The monoisotopic (exact) mass is 462 g/mol. The molecule has 0 radical (unpaired) electrons. The summed E-state index contributed by atoms with van der Waals surface area (Å²) in [5.41, 5.74) is 2.30. The summed E-state index contributed by atoms with van der Waals surface area (Å²) in [6.07, 6.45) is 5.60. The average Bonchev–Trinajstić information content (AvgIpc) is 3.22. The Morgan fingerprint density at radius 3 is 2.41 bits per heavy atom. The van der Waals surface area contributed by atoms with Crippen LogP contribution in [0.4, 0.5) is 0 Å². The number of amides is 1. The van der Waals surface area contributed by atoms with Crippen molar-refractivity contribution in [2.45, 2.75) is 44.6 Å². The Morgan fingerprint density at radius 2 is 1.71 bits per heavy atom. The Balaban J connectivity index is 1.19. The quantitative estimate of drug-likeness (QED) is 0.358. The second-order valence-corrected chi connectivity index (χ2v) is 8.94. The molecule has 7 nitrogen and oxygen atoms in total. The van der Waals surface area contributed by atoms with E-state index in [0.717, 1.165) is 23.7 Å². The number of Topliss-reactive ketones (excluding diaryl/α,β-unsaturated/α-hetero) is 1. The van der Waals surface area contributed by atoms with Gasteiger partial charge in [-0.2, -0.15) is 0 Å². The van der Waals surface area contributed by atoms with Gasteiger partial charge in [-0.05, 0) is 80.6 Å². The number of ether oxygens (including phenoxy) is 1. The first-order valence-corrected chi connectivity index (χ1v) is 11.8. The smallest absolute Gasteiger partial charge is 0.306 e. The summed E-state index contributed by atoms with van der Waals surface area (Å²) < 4.78 is 7.97. The summed E-state index contributed by atoms with van der Waals surface area (Å²) in [4.78, 5) is 36.0. The fourth-order valence-electron chi connectivity index (χ4n) is 4.46. The lowest BCUT2D eigenvalue weighted by atomic mass is 9.87. The second-order valence-electron chi connectivity index (χ2n) is 8.94. The first-order chi connectivity index (χ1) is 16.4. The number of hydrogen-bond acceptors (Lipinski definition) is 4. The highest BCUT2D eigenvalue weighted by Gasteiger charge is 2.26. The lowest BCUT2D eigenvalue weighted by Crippen LogP contribution is -2.27. The van der Waals surface area contributed by atoms with Crippen molar-refractivity contribution in [2.24, 2.45) is 13.0 Å². The molecule has 0 unspecified atom stereocenters. The largest absolute Gasteiger partial charge is 0.490 e.